The van der Waals surface area contributed by atoms with Crippen LogP contribution < -0.4 is 9.47 Å². The van der Waals surface area contributed by atoms with Gasteiger partial charge in [0.25, 0.3) is 5.91 Å². The molecule has 0 radical (unpaired) electrons. The highest BCUT2D eigenvalue weighted by atomic mass is 32.2. The van der Waals surface area contributed by atoms with Crippen molar-refractivity contribution in [2.45, 2.75) is 31.4 Å². The van der Waals surface area contributed by atoms with E-state index in [1.807, 2.05) is 34.9 Å². The Balaban J connectivity index is 1.60. The van der Waals surface area contributed by atoms with Crippen LogP contribution >= 0.6 is 11.8 Å². The summed E-state index contributed by atoms with van der Waals surface area (Å²) in [4.78, 5) is 15.3. The number of benzene rings is 1. The molecule has 1 amide bonds. The third-order valence-electron chi connectivity index (χ3n) is 4.83. The van der Waals surface area contributed by atoms with Crippen LogP contribution in [0, 0.1) is 0 Å². The smallest absolute Gasteiger partial charge is 0.258 e. The van der Waals surface area contributed by atoms with Crippen LogP contribution in [0.5, 0.6) is 11.5 Å². The van der Waals surface area contributed by atoms with Crippen LogP contribution in [-0.2, 0) is 4.74 Å². The summed E-state index contributed by atoms with van der Waals surface area (Å²) in [6.07, 6.45) is 3.34. The molecule has 0 bridgehead atoms. The van der Waals surface area contributed by atoms with Crippen LogP contribution in [0.2, 0.25) is 0 Å². The van der Waals surface area contributed by atoms with Crippen molar-refractivity contribution in [1.29, 1.82) is 0 Å². The summed E-state index contributed by atoms with van der Waals surface area (Å²) in [7, 11) is 0. The lowest BCUT2D eigenvalue weighted by molar-refractivity contribution is 0.0436. The SMILES string of the molecule is O=C(c1cccc2c1OCCO2)N(C[C@H]1CCCO1)[C@H]1CCSC1. The zero-order valence-electron chi connectivity index (χ0n) is 13.7. The van der Waals surface area contributed by atoms with E-state index < -0.39 is 0 Å². The lowest BCUT2D eigenvalue weighted by atomic mass is 10.1. The van der Waals surface area contributed by atoms with Gasteiger partial charge in [-0.15, -0.1) is 0 Å². The van der Waals surface area contributed by atoms with Gasteiger partial charge in [-0.05, 0) is 37.1 Å². The summed E-state index contributed by atoms with van der Waals surface area (Å²) in [6.45, 7) is 2.50. The van der Waals surface area contributed by atoms with E-state index in [0.29, 0.717) is 36.8 Å². The van der Waals surface area contributed by atoms with Crippen LogP contribution in [-0.4, -0.2) is 60.8 Å². The molecule has 3 heterocycles. The number of hydrogen-bond donors (Lipinski definition) is 0. The maximum atomic E-state index is 13.3. The van der Waals surface area contributed by atoms with Gasteiger partial charge in [0.05, 0.1) is 11.7 Å². The molecule has 1 aromatic carbocycles. The number of fused-ring (bicyclic) bond motifs is 1. The number of hydrogen-bond acceptors (Lipinski definition) is 5. The molecule has 2 saturated heterocycles. The number of carbonyl (C=O) groups is 1. The van der Waals surface area contributed by atoms with Gasteiger partial charge in [0.1, 0.15) is 13.2 Å². The fourth-order valence-electron chi connectivity index (χ4n) is 3.57. The highest BCUT2D eigenvalue weighted by Crippen LogP contribution is 2.35. The monoisotopic (exact) mass is 349 g/mol. The molecular weight excluding hydrogens is 326 g/mol. The van der Waals surface area contributed by atoms with Gasteiger partial charge in [-0.2, -0.15) is 11.8 Å². The van der Waals surface area contributed by atoms with Crippen LogP contribution in [0.15, 0.2) is 18.2 Å². The molecule has 0 saturated carbocycles. The predicted molar refractivity (Wildman–Crippen MR) is 93.2 cm³/mol. The second-order valence-electron chi connectivity index (χ2n) is 6.44. The van der Waals surface area contributed by atoms with Crippen LogP contribution in [0.1, 0.15) is 29.6 Å². The molecule has 3 aliphatic rings. The molecule has 0 aliphatic carbocycles. The summed E-state index contributed by atoms with van der Waals surface area (Å²) in [5.41, 5.74) is 0.613. The topological polar surface area (TPSA) is 48.0 Å². The number of amides is 1. The summed E-state index contributed by atoms with van der Waals surface area (Å²) in [5, 5.41) is 0. The van der Waals surface area contributed by atoms with E-state index in [9.17, 15) is 4.79 Å². The number of ether oxygens (including phenoxy) is 3. The second kappa shape index (κ2) is 7.23. The molecule has 0 spiro atoms. The molecule has 1 aromatic rings. The van der Waals surface area contributed by atoms with E-state index >= 15 is 0 Å². The van der Waals surface area contributed by atoms with E-state index in [1.54, 1.807) is 0 Å². The minimum Gasteiger partial charge on any atom is -0.486 e. The van der Waals surface area contributed by atoms with Crippen molar-refractivity contribution < 1.29 is 19.0 Å². The van der Waals surface area contributed by atoms with E-state index in [-0.39, 0.29) is 18.1 Å². The molecule has 0 unspecified atom stereocenters. The molecule has 24 heavy (non-hydrogen) atoms. The first-order chi connectivity index (χ1) is 11.8. The quantitative estimate of drug-likeness (QED) is 0.836. The molecule has 2 fully saturated rings. The first kappa shape index (κ1) is 16.1. The van der Waals surface area contributed by atoms with Gasteiger partial charge in [-0.1, -0.05) is 6.07 Å². The van der Waals surface area contributed by atoms with Gasteiger partial charge in [0, 0.05) is 24.9 Å². The predicted octanol–water partition coefficient (Wildman–Crippen LogP) is 2.58. The van der Waals surface area contributed by atoms with Crippen LogP contribution in [0.25, 0.3) is 0 Å². The van der Waals surface area contributed by atoms with Gasteiger partial charge < -0.3 is 19.1 Å². The molecule has 4 rings (SSSR count). The second-order valence-corrected chi connectivity index (χ2v) is 7.59. The van der Waals surface area contributed by atoms with E-state index in [2.05, 4.69) is 0 Å². The Bertz CT molecular complexity index is 597. The standard InChI is InChI=1S/C18H23NO4S/c20-18(15-4-1-5-16-17(15)23-9-8-22-16)19(13-6-10-24-12-13)11-14-3-2-7-21-14/h1,4-5,13-14H,2-3,6-12H2/t13-,14+/m0/s1. The number of thioether (sulfide) groups is 1. The molecule has 6 heteroatoms. The van der Waals surface area contributed by atoms with Gasteiger partial charge in [0.2, 0.25) is 0 Å². The van der Waals surface area contributed by atoms with Crippen molar-refractivity contribution in [1.82, 2.24) is 4.90 Å². The Labute approximate surface area is 146 Å². The maximum absolute atomic E-state index is 13.3. The average Bonchev–Trinajstić information content (AvgIpc) is 3.32. The lowest BCUT2D eigenvalue weighted by Gasteiger charge is -2.32. The molecule has 0 N–H and O–H groups in total. The fourth-order valence-corrected chi connectivity index (χ4v) is 4.79. The summed E-state index contributed by atoms with van der Waals surface area (Å²) < 4.78 is 17.2. The van der Waals surface area contributed by atoms with Crippen molar-refractivity contribution in [3.63, 3.8) is 0 Å². The zero-order chi connectivity index (χ0) is 16.4. The van der Waals surface area contributed by atoms with Crippen molar-refractivity contribution in [3.8, 4) is 11.5 Å². The maximum Gasteiger partial charge on any atom is 0.258 e. The van der Waals surface area contributed by atoms with Gasteiger partial charge >= 0.3 is 0 Å². The van der Waals surface area contributed by atoms with Crippen molar-refractivity contribution >= 4 is 17.7 Å². The van der Waals surface area contributed by atoms with Gasteiger partial charge in [0.15, 0.2) is 11.5 Å². The first-order valence-electron chi connectivity index (χ1n) is 8.72. The lowest BCUT2D eigenvalue weighted by Crippen LogP contribution is -2.45. The molecular formula is C18H23NO4S. The van der Waals surface area contributed by atoms with E-state index in [4.69, 9.17) is 14.2 Å². The molecule has 3 aliphatic heterocycles. The Kier molecular flexibility index (Phi) is 4.85. The molecule has 130 valence electrons. The number of para-hydroxylation sites is 1. The van der Waals surface area contributed by atoms with E-state index in [1.165, 1.54) is 0 Å². The minimum absolute atomic E-state index is 0.0420. The summed E-state index contributed by atoms with van der Waals surface area (Å²) in [6, 6.07) is 5.86. The van der Waals surface area contributed by atoms with Gasteiger partial charge in [-0.25, -0.2) is 0 Å². The van der Waals surface area contributed by atoms with Gasteiger partial charge in [-0.3, -0.25) is 4.79 Å². The number of nitrogens with zero attached hydrogens (tertiary/aromatic N) is 1. The third kappa shape index (κ3) is 3.22. The molecule has 2 atom stereocenters. The molecule has 5 nitrogen and oxygen atoms in total. The zero-order valence-corrected chi connectivity index (χ0v) is 14.6. The molecule has 0 aromatic heterocycles. The Morgan fingerprint density at radius 3 is 2.92 bits per heavy atom. The Morgan fingerprint density at radius 1 is 1.21 bits per heavy atom. The first-order valence-corrected chi connectivity index (χ1v) is 9.87. The summed E-state index contributed by atoms with van der Waals surface area (Å²) >= 11 is 1.92. The van der Waals surface area contributed by atoms with Crippen molar-refractivity contribution in [3.05, 3.63) is 23.8 Å². The van der Waals surface area contributed by atoms with Crippen LogP contribution in [0.3, 0.4) is 0 Å². The number of carbonyl (C=O) groups excluding carboxylic acids is 1. The third-order valence-corrected chi connectivity index (χ3v) is 5.97. The highest BCUT2D eigenvalue weighted by molar-refractivity contribution is 7.99. The fraction of sp³-hybridized carbons (Fsp3) is 0.611. The van der Waals surface area contributed by atoms with E-state index in [0.717, 1.165) is 37.4 Å². The normalized spacial score (nSPS) is 25.7. The largest absolute Gasteiger partial charge is 0.486 e. The Morgan fingerprint density at radius 2 is 2.12 bits per heavy atom. The number of rotatable bonds is 4. The minimum atomic E-state index is 0.0420. The highest BCUT2D eigenvalue weighted by Gasteiger charge is 2.33. The van der Waals surface area contributed by atoms with Crippen molar-refractivity contribution in [2.75, 3.05) is 37.9 Å². The van der Waals surface area contributed by atoms with Crippen LogP contribution in [0.4, 0.5) is 0 Å². The van der Waals surface area contributed by atoms with Crippen molar-refractivity contribution in [2.24, 2.45) is 0 Å². The average molecular weight is 349 g/mol. The Hall–Kier alpha value is -1.40. The summed E-state index contributed by atoms with van der Waals surface area (Å²) in [5.74, 6) is 3.43.